The van der Waals surface area contributed by atoms with E-state index in [2.05, 4.69) is 5.32 Å². The smallest absolute Gasteiger partial charge is 0.262 e. The van der Waals surface area contributed by atoms with Crippen LogP contribution >= 0.6 is 0 Å². The normalized spacial score (nSPS) is 13.5. The zero-order valence-electron chi connectivity index (χ0n) is 17.7. The minimum absolute atomic E-state index is 0.171. The zero-order valence-corrected chi connectivity index (χ0v) is 17.7. The van der Waals surface area contributed by atoms with Gasteiger partial charge in [-0.2, -0.15) is 0 Å². The van der Waals surface area contributed by atoms with Gasteiger partial charge in [0.15, 0.2) is 0 Å². The van der Waals surface area contributed by atoms with Crippen LogP contribution in [0.15, 0.2) is 72.8 Å². The molecule has 3 aromatic carbocycles. The van der Waals surface area contributed by atoms with Gasteiger partial charge in [0.2, 0.25) is 5.91 Å². The molecule has 3 amide bonds. The fourth-order valence-corrected chi connectivity index (χ4v) is 3.76. The molecular formula is C25H22N2O5. The van der Waals surface area contributed by atoms with Crippen molar-refractivity contribution >= 4 is 23.4 Å². The number of carbonyl (C=O) groups excluding carboxylic acids is 3. The molecule has 0 radical (unpaired) electrons. The molecule has 0 saturated heterocycles. The molecule has 0 aliphatic carbocycles. The van der Waals surface area contributed by atoms with Crippen molar-refractivity contribution in [2.24, 2.45) is 0 Å². The van der Waals surface area contributed by atoms with Gasteiger partial charge in [-0.1, -0.05) is 42.5 Å². The lowest BCUT2D eigenvalue weighted by molar-refractivity contribution is -0.119. The molecule has 0 aromatic heterocycles. The van der Waals surface area contributed by atoms with E-state index in [0.717, 1.165) is 10.5 Å². The van der Waals surface area contributed by atoms with Crippen molar-refractivity contribution in [2.75, 3.05) is 19.5 Å². The van der Waals surface area contributed by atoms with Crippen molar-refractivity contribution < 1.29 is 23.9 Å². The van der Waals surface area contributed by atoms with Gasteiger partial charge in [-0.05, 0) is 29.8 Å². The maximum Gasteiger partial charge on any atom is 0.262 e. The molecular weight excluding hydrogens is 408 g/mol. The van der Waals surface area contributed by atoms with Crippen LogP contribution in [-0.4, -0.2) is 42.9 Å². The summed E-state index contributed by atoms with van der Waals surface area (Å²) >= 11 is 0. The van der Waals surface area contributed by atoms with Crippen molar-refractivity contribution in [1.29, 1.82) is 0 Å². The van der Waals surface area contributed by atoms with E-state index in [1.54, 1.807) is 42.5 Å². The maximum absolute atomic E-state index is 13.5. The van der Waals surface area contributed by atoms with Crippen LogP contribution in [0.3, 0.4) is 0 Å². The minimum Gasteiger partial charge on any atom is -0.497 e. The van der Waals surface area contributed by atoms with E-state index in [1.807, 2.05) is 30.3 Å². The van der Waals surface area contributed by atoms with Crippen molar-refractivity contribution in [3.63, 3.8) is 0 Å². The predicted molar refractivity (Wildman–Crippen MR) is 119 cm³/mol. The molecule has 3 aromatic rings. The van der Waals surface area contributed by atoms with E-state index in [4.69, 9.17) is 9.47 Å². The Morgan fingerprint density at radius 1 is 0.875 bits per heavy atom. The maximum atomic E-state index is 13.5. The van der Waals surface area contributed by atoms with Gasteiger partial charge < -0.3 is 14.8 Å². The number of hydrogen-bond donors (Lipinski definition) is 1. The largest absolute Gasteiger partial charge is 0.497 e. The van der Waals surface area contributed by atoms with Gasteiger partial charge >= 0.3 is 0 Å². The lowest BCUT2D eigenvalue weighted by atomic mass is 10.0. The van der Waals surface area contributed by atoms with Gasteiger partial charge in [-0.15, -0.1) is 0 Å². The Balaban J connectivity index is 1.70. The first-order valence-electron chi connectivity index (χ1n) is 10.1. The second-order valence-electron chi connectivity index (χ2n) is 7.29. The third-order valence-electron chi connectivity index (χ3n) is 5.38. The Hall–Kier alpha value is -4.13. The minimum atomic E-state index is -1.05. The molecule has 7 nitrogen and oxygen atoms in total. The third kappa shape index (κ3) is 3.92. The number of nitrogens with one attached hydrogen (secondary N) is 1. The van der Waals surface area contributed by atoms with E-state index in [1.165, 1.54) is 14.2 Å². The average Bonchev–Trinajstić information content (AvgIpc) is 3.08. The molecule has 162 valence electrons. The third-order valence-corrected chi connectivity index (χ3v) is 5.38. The first-order valence-corrected chi connectivity index (χ1v) is 10.1. The van der Waals surface area contributed by atoms with Gasteiger partial charge in [0, 0.05) is 12.5 Å². The number of imide groups is 1. The molecule has 1 heterocycles. The quantitative estimate of drug-likeness (QED) is 0.580. The first kappa shape index (κ1) is 21.1. The average molecular weight is 430 g/mol. The number of nitrogens with zero attached hydrogens (tertiary/aromatic N) is 1. The number of anilines is 1. The summed E-state index contributed by atoms with van der Waals surface area (Å²) in [6, 6.07) is 19.8. The zero-order chi connectivity index (χ0) is 22.7. The Morgan fingerprint density at radius 3 is 2.09 bits per heavy atom. The van der Waals surface area contributed by atoms with E-state index in [-0.39, 0.29) is 6.42 Å². The number of ether oxygens (including phenoxy) is 2. The summed E-state index contributed by atoms with van der Waals surface area (Å²) < 4.78 is 10.6. The van der Waals surface area contributed by atoms with Gasteiger partial charge in [-0.25, -0.2) is 0 Å². The molecule has 0 fully saturated rings. The van der Waals surface area contributed by atoms with Crippen LogP contribution in [0.4, 0.5) is 5.69 Å². The van der Waals surface area contributed by atoms with Crippen molar-refractivity contribution in [1.82, 2.24) is 4.90 Å². The summed E-state index contributed by atoms with van der Waals surface area (Å²) in [7, 11) is 3.01. The van der Waals surface area contributed by atoms with Gasteiger partial charge in [0.25, 0.3) is 11.8 Å². The molecule has 0 spiro atoms. The lowest BCUT2D eigenvalue weighted by Gasteiger charge is -2.26. The molecule has 1 atom stereocenters. The Labute approximate surface area is 185 Å². The first-order chi connectivity index (χ1) is 15.5. The highest BCUT2D eigenvalue weighted by atomic mass is 16.5. The fraction of sp³-hybridized carbons (Fsp3) is 0.160. The number of amides is 3. The van der Waals surface area contributed by atoms with Crippen LogP contribution in [0.2, 0.25) is 0 Å². The summed E-state index contributed by atoms with van der Waals surface area (Å²) in [5.74, 6) is -0.519. The van der Waals surface area contributed by atoms with E-state index in [0.29, 0.717) is 28.3 Å². The Morgan fingerprint density at radius 2 is 1.50 bits per heavy atom. The fourth-order valence-electron chi connectivity index (χ4n) is 3.76. The highest BCUT2D eigenvalue weighted by molar-refractivity contribution is 6.23. The van der Waals surface area contributed by atoms with Crippen molar-refractivity contribution in [3.05, 3.63) is 89.5 Å². The van der Waals surface area contributed by atoms with Gasteiger partial charge in [-0.3, -0.25) is 19.3 Å². The number of methoxy groups -OCH3 is 2. The monoisotopic (exact) mass is 430 g/mol. The van der Waals surface area contributed by atoms with E-state index in [9.17, 15) is 14.4 Å². The molecule has 4 rings (SSSR count). The van der Waals surface area contributed by atoms with Gasteiger partial charge in [0.1, 0.15) is 17.5 Å². The summed E-state index contributed by atoms with van der Waals surface area (Å²) in [5, 5.41) is 2.81. The second-order valence-corrected chi connectivity index (χ2v) is 7.29. The van der Waals surface area contributed by atoms with Crippen LogP contribution in [0.1, 0.15) is 26.3 Å². The van der Waals surface area contributed by atoms with Crippen LogP contribution in [0, 0.1) is 0 Å². The van der Waals surface area contributed by atoms with Gasteiger partial charge in [0.05, 0.1) is 31.0 Å². The molecule has 7 heteroatoms. The van der Waals surface area contributed by atoms with Crippen LogP contribution in [-0.2, 0) is 11.2 Å². The molecule has 32 heavy (non-hydrogen) atoms. The highest BCUT2D eigenvalue weighted by Gasteiger charge is 2.42. The molecule has 1 aliphatic rings. The number of fused-ring (bicyclic) bond motifs is 1. The summed E-state index contributed by atoms with van der Waals surface area (Å²) in [4.78, 5) is 40.7. The highest BCUT2D eigenvalue weighted by Crippen LogP contribution is 2.31. The summed E-state index contributed by atoms with van der Waals surface area (Å²) in [6.45, 7) is 0. The van der Waals surface area contributed by atoms with E-state index >= 15 is 0 Å². The lowest BCUT2D eigenvalue weighted by Crippen LogP contribution is -2.48. The van der Waals surface area contributed by atoms with Crippen molar-refractivity contribution in [2.45, 2.75) is 12.5 Å². The van der Waals surface area contributed by atoms with Crippen molar-refractivity contribution in [3.8, 4) is 11.5 Å². The summed E-state index contributed by atoms with van der Waals surface area (Å²) in [5.41, 5.74) is 1.79. The number of hydrogen-bond acceptors (Lipinski definition) is 5. The molecule has 0 bridgehead atoms. The Bertz CT molecular complexity index is 1140. The molecule has 0 unspecified atom stereocenters. The molecule has 0 saturated carbocycles. The summed E-state index contributed by atoms with van der Waals surface area (Å²) in [6.07, 6.45) is 0.171. The number of benzene rings is 3. The standard InChI is InChI=1S/C25H22N2O5/c1-31-17-12-13-22(32-2)20(15-17)26-23(28)21(14-16-8-4-3-5-9-16)27-24(29)18-10-6-7-11-19(18)25(27)30/h3-13,15,21H,14H2,1-2H3,(H,26,28)/t21-/m0/s1. The molecule has 1 aliphatic heterocycles. The second kappa shape index (κ2) is 8.93. The van der Waals surface area contributed by atoms with E-state index < -0.39 is 23.8 Å². The number of carbonyl (C=O) groups is 3. The SMILES string of the molecule is COc1ccc(OC)c(NC(=O)[C@H](Cc2ccccc2)N2C(=O)c3ccccc3C2=O)c1. The van der Waals surface area contributed by atoms with Crippen LogP contribution in [0.5, 0.6) is 11.5 Å². The Kier molecular flexibility index (Phi) is 5.89. The predicted octanol–water partition coefficient (Wildman–Crippen LogP) is 3.55. The topological polar surface area (TPSA) is 84.9 Å². The van der Waals surface area contributed by atoms with Crippen LogP contribution < -0.4 is 14.8 Å². The molecule has 1 N–H and O–H groups in total. The number of rotatable bonds is 7. The van der Waals surface area contributed by atoms with Crippen LogP contribution in [0.25, 0.3) is 0 Å².